The van der Waals surface area contributed by atoms with Gasteiger partial charge in [-0.3, -0.25) is 14.9 Å². The maximum absolute atomic E-state index is 14.2. The summed E-state index contributed by atoms with van der Waals surface area (Å²) in [4.78, 5) is 26.9. The van der Waals surface area contributed by atoms with E-state index in [0.717, 1.165) is 0 Å². The number of rotatable bonds is 6. The number of methoxy groups -OCH3 is 1. The van der Waals surface area contributed by atoms with E-state index in [9.17, 15) is 19.3 Å². The van der Waals surface area contributed by atoms with Crippen molar-refractivity contribution in [3.05, 3.63) is 74.8 Å². The molecule has 0 radical (unpaired) electrons. The summed E-state index contributed by atoms with van der Waals surface area (Å²) >= 11 is 1.21. The number of nitrogens with zero attached hydrogens (tertiary/aromatic N) is 3. The second kappa shape index (κ2) is 8.68. The zero-order valence-corrected chi connectivity index (χ0v) is 15.7. The molecule has 0 unspecified atom stereocenters. The number of benzene rings is 2. The molecule has 1 heterocycles. The van der Waals surface area contributed by atoms with Crippen molar-refractivity contribution in [2.24, 2.45) is 4.99 Å². The summed E-state index contributed by atoms with van der Waals surface area (Å²) in [5, 5.41) is 10.7. The Labute approximate surface area is 163 Å². The van der Waals surface area contributed by atoms with Crippen LogP contribution in [0.5, 0.6) is 0 Å². The van der Waals surface area contributed by atoms with E-state index in [1.54, 1.807) is 23.8 Å². The molecule has 7 nitrogen and oxygen atoms in total. The SMILES string of the molecule is COCCn1c(=NC(=O)C=Cc2ccc([N+](=O)[O-])cc2)sc2cccc(F)c21. The van der Waals surface area contributed by atoms with Crippen LogP contribution in [0, 0.1) is 15.9 Å². The standard InChI is InChI=1S/C19H16FN3O4S/c1-27-12-11-22-18-15(20)3-2-4-16(18)28-19(22)21-17(24)10-7-13-5-8-14(9-6-13)23(25)26/h2-10H,11-12H2,1H3. The van der Waals surface area contributed by atoms with E-state index >= 15 is 0 Å². The third kappa shape index (κ3) is 4.38. The van der Waals surface area contributed by atoms with Crippen LogP contribution in [0.15, 0.2) is 53.5 Å². The van der Waals surface area contributed by atoms with Gasteiger partial charge in [0.05, 0.1) is 21.7 Å². The first-order valence-electron chi connectivity index (χ1n) is 8.27. The zero-order chi connectivity index (χ0) is 20.1. The van der Waals surface area contributed by atoms with Crippen LogP contribution in [-0.4, -0.2) is 29.1 Å². The number of aromatic nitrogens is 1. The van der Waals surface area contributed by atoms with Crippen molar-refractivity contribution in [3.63, 3.8) is 0 Å². The zero-order valence-electron chi connectivity index (χ0n) is 14.9. The van der Waals surface area contributed by atoms with Gasteiger partial charge in [-0.2, -0.15) is 4.99 Å². The first kappa shape index (κ1) is 19.6. The molecule has 1 aromatic heterocycles. The Kier molecular flexibility index (Phi) is 6.07. The molecule has 144 valence electrons. The van der Waals surface area contributed by atoms with E-state index in [2.05, 4.69) is 4.99 Å². The number of carbonyl (C=O) groups excluding carboxylic acids is 1. The molecule has 0 spiro atoms. The van der Waals surface area contributed by atoms with Crippen LogP contribution in [0.25, 0.3) is 16.3 Å². The third-order valence-electron chi connectivity index (χ3n) is 3.90. The largest absolute Gasteiger partial charge is 0.383 e. The number of nitro groups is 1. The van der Waals surface area contributed by atoms with Crippen molar-refractivity contribution in [2.45, 2.75) is 6.54 Å². The summed E-state index contributed by atoms with van der Waals surface area (Å²) in [6.07, 6.45) is 2.78. The molecule has 0 aliphatic carbocycles. The van der Waals surface area contributed by atoms with Gasteiger partial charge in [-0.25, -0.2) is 4.39 Å². The van der Waals surface area contributed by atoms with E-state index in [0.29, 0.717) is 33.7 Å². The summed E-state index contributed by atoms with van der Waals surface area (Å²) in [6, 6.07) is 10.5. The summed E-state index contributed by atoms with van der Waals surface area (Å²) in [5.41, 5.74) is 0.985. The van der Waals surface area contributed by atoms with Gasteiger partial charge >= 0.3 is 0 Å². The number of non-ortho nitro benzene ring substituents is 1. The fraction of sp³-hybridized carbons (Fsp3) is 0.158. The Morgan fingerprint density at radius 3 is 2.75 bits per heavy atom. The lowest BCUT2D eigenvalue weighted by Gasteiger charge is -2.04. The Morgan fingerprint density at radius 1 is 1.32 bits per heavy atom. The van der Waals surface area contributed by atoms with Crippen LogP contribution in [0.1, 0.15) is 5.56 Å². The number of halogens is 1. The van der Waals surface area contributed by atoms with E-state index in [-0.39, 0.29) is 11.5 Å². The van der Waals surface area contributed by atoms with E-state index < -0.39 is 10.8 Å². The quantitative estimate of drug-likeness (QED) is 0.359. The smallest absolute Gasteiger partial charge is 0.272 e. The number of thiazole rings is 1. The Balaban J connectivity index is 1.91. The van der Waals surface area contributed by atoms with Crippen molar-refractivity contribution in [2.75, 3.05) is 13.7 Å². The lowest BCUT2D eigenvalue weighted by atomic mass is 10.2. The monoisotopic (exact) mass is 401 g/mol. The molecule has 3 aromatic rings. The first-order valence-corrected chi connectivity index (χ1v) is 9.09. The van der Waals surface area contributed by atoms with Crippen LogP contribution in [0.3, 0.4) is 0 Å². The maximum atomic E-state index is 14.2. The van der Waals surface area contributed by atoms with Gasteiger partial charge in [0.2, 0.25) is 0 Å². The highest BCUT2D eigenvalue weighted by molar-refractivity contribution is 7.16. The summed E-state index contributed by atoms with van der Waals surface area (Å²) in [5.74, 6) is -0.906. The molecule has 0 atom stereocenters. The number of hydrogen-bond acceptors (Lipinski definition) is 5. The summed E-state index contributed by atoms with van der Waals surface area (Å²) < 4.78 is 21.6. The number of fused-ring (bicyclic) bond motifs is 1. The average Bonchev–Trinajstić information content (AvgIpc) is 3.03. The number of para-hydroxylation sites is 1. The molecule has 0 N–H and O–H groups in total. The van der Waals surface area contributed by atoms with Crippen LogP contribution in [0.2, 0.25) is 0 Å². The molecule has 0 bridgehead atoms. The molecule has 1 amide bonds. The van der Waals surface area contributed by atoms with E-state index in [1.807, 2.05) is 0 Å². The highest BCUT2D eigenvalue weighted by Crippen LogP contribution is 2.20. The molecule has 0 saturated carbocycles. The molecule has 28 heavy (non-hydrogen) atoms. The van der Waals surface area contributed by atoms with Crippen molar-refractivity contribution in [1.82, 2.24) is 4.57 Å². The van der Waals surface area contributed by atoms with Crippen LogP contribution in [-0.2, 0) is 16.1 Å². The van der Waals surface area contributed by atoms with Crippen molar-refractivity contribution >= 4 is 39.2 Å². The Hall–Kier alpha value is -3.17. The van der Waals surface area contributed by atoms with E-state index in [4.69, 9.17) is 4.74 Å². The van der Waals surface area contributed by atoms with Crippen molar-refractivity contribution in [3.8, 4) is 0 Å². The van der Waals surface area contributed by atoms with Gasteiger partial charge in [0, 0.05) is 31.9 Å². The minimum absolute atomic E-state index is 0.0281. The number of amides is 1. The minimum Gasteiger partial charge on any atom is -0.383 e. The lowest BCUT2D eigenvalue weighted by Crippen LogP contribution is -2.19. The van der Waals surface area contributed by atoms with Crippen molar-refractivity contribution in [1.29, 1.82) is 0 Å². The van der Waals surface area contributed by atoms with E-state index in [1.165, 1.54) is 53.8 Å². The molecule has 0 aliphatic heterocycles. The van der Waals surface area contributed by atoms with Crippen LogP contribution in [0.4, 0.5) is 10.1 Å². The number of nitro benzene ring substituents is 1. The molecule has 0 aliphatic rings. The van der Waals surface area contributed by atoms with Crippen LogP contribution < -0.4 is 4.80 Å². The third-order valence-corrected chi connectivity index (χ3v) is 4.94. The lowest BCUT2D eigenvalue weighted by molar-refractivity contribution is -0.384. The molecule has 9 heteroatoms. The molecule has 0 saturated heterocycles. The number of carbonyl (C=O) groups is 1. The van der Waals surface area contributed by atoms with Gasteiger partial charge in [0.25, 0.3) is 11.6 Å². The summed E-state index contributed by atoms with van der Waals surface area (Å²) in [7, 11) is 1.54. The predicted molar refractivity (Wildman–Crippen MR) is 104 cm³/mol. The highest BCUT2D eigenvalue weighted by Gasteiger charge is 2.11. The molecular weight excluding hydrogens is 385 g/mol. The van der Waals surface area contributed by atoms with Gasteiger partial charge < -0.3 is 9.30 Å². The Morgan fingerprint density at radius 2 is 2.07 bits per heavy atom. The molecular formula is C19H16FN3O4S. The second-order valence-electron chi connectivity index (χ2n) is 5.75. The minimum atomic E-state index is -0.517. The number of ether oxygens (including phenoxy) is 1. The normalized spacial score (nSPS) is 12.1. The molecule has 0 fully saturated rings. The van der Waals surface area contributed by atoms with Gasteiger partial charge in [-0.1, -0.05) is 17.4 Å². The second-order valence-corrected chi connectivity index (χ2v) is 6.76. The summed E-state index contributed by atoms with van der Waals surface area (Å²) in [6.45, 7) is 0.704. The fourth-order valence-electron chi connectivity index (χ4n) is 2.57. The molecule has 2 aromatic carbocycles. The topological polar surface area (TPSA) is 86.7 Å². The van der Waals surface area contributed by atoms with Crippen molar-refractivity contribution < 1.29 is 18.8 Å². The average molecular weight is 401 g/mol. The van der Waals surface area contributed by atoms with Gasteiger partial charge in [0.1, 0.15) is 5.82 Å². The Bertz CT molecular complexity index is 1120. The first-order chi connectivity index (χ1) is 13.5. The maximum Gasteiger partial charge on any atom is 0.272 e. The highest BCUT2D eigenvalue weighted by atomic mass is 32.1. The predicted octanol–water partition coefficient (Wildman–Crippen LogP) is 3.54. The molecule has 3 rings (SSSR count). The van der Waals surface area contributed by atoms with Crippen LogP contribution >= 0.6 is 11.3 Å². The van der Waals surface area contributed by atoms with Gasteiger partial charge in [-0.15, -0.1) is 0 Å². The fourth-order valence-corrected chi connectivity index (χ4v) is 3.64. The van der Waals surface area contributed by atoms with Gasteiger partial charge in [-0.05, 0) is 35.9 Å². The number of hydrogen-bond donors (Lipinski definition) is 0. The van der Waals surface area contributed by atoms with Gasteiger partial charge in [0.15, 0.2) is 4.80 Å².